The van der Waals surface area contributed by atoms with Crippen LogP contribution in [0.2, 0.25) is 0 Å². The lowest BCUT2D eigenvalue weighted by atomic mass is 10.2. The highest BCUT2D eigenvalue weighted by atomic mass is 35.5. The number of rotatable bonds is 2. The van der Waals surface area contributed by atoms with Crippen LogP contribution in [-0.2, 0) is 4.74 Å². The summed E-state index contributed by atoms with van der Waals surface area (Å²) in [5, 5.41) is 3.15. The number of alkyl halides is 1. The number of aryl methyl sites for hydroxylation is 1. The van der Waals surface area contributed by atoms with Gasteiger partial charge in [-0.2, -0.15) is 0 Å². The van der Waals surface area contributed by atoms with Gasteiger partial charge in [0.05, 0.1) is 24.6 Å². The first-order valence-electron chi connectivity index (χ1n) is 4.54. The molecule has 1 aromatic heterocycles. The van der Waals surface area contributed by atoms with Crippen molar-refractivity contribution in [1.29, 1.82) is 0 Å². The highest BCUT2D eigenvalue weighted by Gasteiger charge is 2.26. The van der Waals surface area contributed by atoms with E-state index in [0.717, 1.165) is 5.69 Å². The molecule has 0 bridgehead atoms. The molecule has 0 saturated carbocycles. The molecule has 1 saturated heterocycles. The molecule has 4 nitrogen and oxygen atoms in total. The second kappa shape index (κ2) is 4.11. The molecule has 0 aliphatic carbocycles. The summed E-state index contributed by atoms with van der Waals surface area (Å²) in [6.07, 6.45) is 1.73. The minimum absolute atomic E-state index is 0.000822. The van der Waals surface area contributed by atoms with Gasteiger partial charge < -0.3 is 10.1 Å². The number of ether oxygens (including phenoxy) is 1. The lowest BCUT2D eigenvalue weighted by Crippen LogP contribution is -2.29. The van der Waals surface area contributed by atoms with E-state index in [4.69, 9.17) is 16.3 Å². The van der Waals surface area contributed by atoms with Gasteiger partial charge in [-0.3, -0.25) is 0 Å². The van der Waals surface area contributed by atoms with Crippen LogP contribution in [0.5, 0.6) is 0 Å². The number of halogens is 1. The van der Waals surface area contributed by atoms with Crippen LogP contribution in [0.4, 0.5) is 5.95 Å². The Balaban J connectivity index is 2.03. The summed E-state index contributed by atoms with van der Waals surface area (Å²) in [4.78, 5) is 8.34. The Morgan fingerprint density at radius 3 is 3.07 bits per heavy atom. The van der Waals surface area contributed by atoms with Gasteiger partial charge in [-0.25, -0.2) is 9.97 Å². The minimum atomic E-state index is -0.000822. The van der Waals surface area contributed by atoms with E-state index in [2.05, 4.69) is 15.3 Å². The van der Waals surface area contributed by atoms with E-state index in [9.17, 15) is 0 Å². The van der Waals surface area contributed by atoms with E-state index in [-0.39, 0.29) is 11.4 Å². The molecule has 0 aromatic carbocycles. The van der Waals surface area contributed by atoms with Crippen molar-refractivity contribution in [2.24, 2.45) is 0 Å². The molecule has 76 valence electrons. The van der Waals surface area contributed by atoms with Crippen molar-refractivity contribution >= 4 is 17.5 Å². The predicted molar refractivity (Wildman–Crippen MR) is 54.6 cm³/mol. The van der Waals surface area contributed by atoms with Crippen LogP contribution in [0, 0.1) is 6.92 Å². The van der Waals surface area contributed by atoms with Crippen molar-refractivity contribution in [3.63, 3.8) is 0 Å². The molecular formula is C9H12ClN3O. The van der Waals surface area contributed by atoms with Crippen LogP contribution in [0.3, 0.4) is 0 Å². The van der Waals surface area contributed by atoms with Crippen molar-refractivity contribution in [2.75, 3.05) is 18.5 Å². The molecule has 1 aliphatic heterocycles. The Morgan fingerprint density at radius 1 is 1.57 bits per heavy atom. The monoisotopic (exact) mass is 213 g/mol. The Hall–Kier alpha value is -0.870. The molecule has 2 atom stereocenters. The number of anilines is 1. The van der Waals surface area contributed by atoms with E-state index in [0.29, 0.717) is 19.2 Å². The predicted octanol–water partition coefficient (Wildman–Crippen LogP) is 1.20. The quantitative estimate of drug-likeness (QED) is 0.751. The van der Waals surface area contributed by atoms with Gasteiger partial charge in [0.25, 0.3) is 0 Å². The zero-order valence-corrected chi connectivity index (χ0v) is 8.66. The maximum atomic E-state index is 6.02. The second-order valence-corrected chi connectivity index (χ2v) is 3.89. The highest BCUT2D eigenvalue weighted by Crippen LogP contribution is 2.15. The number of hydrogen-bond donors (Lipinski definition) is 1. The van der Waals surface area contributed by atoms with Gasteiger partial charge in [-0.1, -0.05) is 0 Å². The van der Waals surface area contributed by atoms with Crippen LogP contribution in [0.15, 0.2) is 12.3 Å². The van der Waals surface area contributed by atoms with E-state index in [1.165, 1.54) is 0 Å². The Kier molecular flexibility index (Phi) is 2.84. The molecular weight excluding hydrogens is 202 g/mol. The maximum absolute atomic E-state index is 6.02. The van der Waals surface area contributed by atoms with E-state index < -0.39 is 0 Å². The van der Waals surface area contributed by atoms with Gasteiger partial charge in [-0.15, -0.1) is 11.6 Å². The Morgan fingerprint density at radius 2 is 2.43 bits per heavy atom. The molecule has 0 radical (unpaired) electrons. The summed E-state index contributed by atoms with van der Waals surface area (Å²) >= 11 is 6.02. The van der Waals surface area contributed by atoms with Crippen LogP contribution in [0.1, 0.15) is 5.69 Å². The molecule has 1 aromatic rings. The zero-order chi connectivity index (χ0) is 9.97. The first-order chi connectivity index (χ1) is 6.75. The first kappa shape index (κ1) is 9.68. The minimum Gasteiger partial charge on any atom is -0.378 e. The Bertz CT molecular complexity index is 321. The molecule has 0 amide bonds. The van der Waals surface area contributed by atoms with Crippen molar-refractivity contribution in [3.05, 3.63) is 18.0 Å². The third-order valence-electron chi connectivity index (χ3n) is 2.12. The van der Waals surface area contributed by atoms with Crippen LogP contribution in [-0.4, -0.2) is 34.6 Å². The van der Waals surface area contributed by atoms with Crippen molar-refractivity contribution in [3.8, 4) is 0 Å². The van der Waals surface area contributed by atoms with E-state index in [1.807, 2.05) is 13.0 Å². The first-order valence-corrected chi connectivity index (χ1v) is 4.97. The summed E-state index contributed by atoms with van der Waals surface area (Å²) in [6.45, 7) is 3.13. The summed E-state index contributed by atoms with van der Waals surface area (Å²) < 4.78 is 5.22. The number of aromatic nitrogens is 2. The van der Waals surface area contributed by atoms with Gasteiger partial charge in [0.1, 0.15) is 0 Å². The van der Waals surface area contributed by atoms with Gasteiger partial charge in [0.2, 0.25) is 5.95 Å². The largest absolute Gasteiger partial charge is 0.378 e. The van der Waals surface area contributed by atoms with E-state index in [1.54, 1.807) is 6.20 Å². The second-order valence-electron chi connectivity index (χ2n) is 3.33. The third kappa shape index (κ3) is 2.13. The number of nitrogens with zero attached hydrogens (tertiary/aromatic N) is 2. The molecule has 2 rings (SSSR count). The standard InChI is InChI=1S/C9H12ClN3O/c1-6-2-3-11-9(12-6)13-8-5-14-4-7(8)10/h2-3,7-8H,4-5H2,1H3,(H,11,12,13). The maximum Gasteiger partial charge on any atom is 0.223 e. The van der Waals surface area contributed by atoms with E-state index >= 15 is 0 Å². The third-order valence-corrected chi connectivity index (χ3v) is 2.55. The van der Waals surface area contributed by atoms with Crippen LogP contribution in [0.25, 0.3) is 0 Å². The lowest BCUT2D eigenvalue weighted by Gasteiger charge is -2.13. The average molecular weight is 214 g/mol. The van der Waals surface area contributed by atoms with Gasteiger partial charge >= 0.3 is 0 Å². The fraction of sp³-hybridized carbons (Fsp3) is 0.556. The molecule has 1 aliphatic rings. The number of hydrogen-bond acceptors (Lipinski definition) is 4. The normalized spacial score (nSPS) is 26.4. The van der Waals surface area contributed by atoms with Gasteiger partial charge in [0.15, 0.2) is 0 Å². The van der Waals surface area contributed by atoms with Crippen molar-refractivity contribution in [2.45, 2.75) is 18.3 Å². The summed E-state index contributed by atoms with van der Waals surface area (Å²) in [5.41, 5.74) is 0.938. The van der Waals surface area contributed by atoms with Crippen molar-refractivity contribution < 1.29 is 4.74 Å². The summed E-state index contributed by atoms with van der Waals surface area (Å²) in [7, 11) is 0. The molecule has 1 N–H and O–H groups in total. The lowest BCUT2D eigenvalue weighted by molar-refractivity contribution is 0.196. The molecule has 1 fully saturated rings. The smallest absolute Gasteiger partial charge is 0.223 e. The topological polar surface area (TPSA) is 47.0 Å². The average Bonchev–Trinajstić information content (AvgIpc) is 2.52. The fourth-order valence-corrected chi connectivity index (χ4v) is 1.57. The molecule has 14 heavy (non-hydrogen) atoms. The van der Waals surface area contributed by atoms with Crippen molar-refractivity contribution in [1.82, 2.24) is 9.97 Å². The zero-order valence-electron chi connectivity index (χ0n) is 7.90. The summed E-state index contributed by atoms with van der Waals surface area (Å²) in [6, 6.07) is 1.97. The van der Waals surface area contributed by atoms with Crippen LogP contribution < -0.4 is 5.32 Å². The summed E-state index contributed by atoms with van der Waals surface area (Å²) in [5.74, 6) is 0.617. The molecule has 2 unspecified atom stereocenters. The van der Waals surface area contributed by atoms with Crippen LogP contribution >= 0.6 is 11.6 Å². The SMILES string of the molecule is Cc1ccnc(NC2COCC2Cl)n1. The Labute approximate surface area is 87.7 Å². The molecule has 0 spiro atoms. The fourth-order valence-electron chi connectivity index (χ4n) is 1.34. The van der Waals surface area contributed by atoms with Gasteiger partial charge in [-0.05, 0) is 13.0 Å². The van der Waals surface area contributed by atoms with Gasteiger partial charge in [0, 0.05) is 11.9 Å². The molecule has 2 heterocycles. The highest BCUT2D eigenvalue weighted by molar-refractivity contribution is 6.21. The number of nitrogens with one attached hydrogen (secondary N) is 1. The molecule has 5 heteroatoms.